The van der Waals surface area contributed by atoms with Crippen LogP contribution in [-0.4, -0.2) is 23.0 Å². The van der Waals surface area contributed by atoms with E-state index < -0.39 is 0 Å². The van der Waals surface area contributed by atoms with Crippen LogP contribution in [0.1, 0.15) is 17.8 Å². The second kappa shape index (κ2) is 6.52. The number of aromatic amines is 1. The third-order valence-electron chi connectivity index (χ3n) is 3.66. The van der Waals surface area contributed by atoms with Gasteiger partial charge in [-0.3, -0.25) is 4.79 Å². The quantitative estimate of drug-likeness (QED) is 0.758. The lowest BCUT2D eigenvalue weighted by molar-refractivity contribution is -0.116. The number of hydrogen-bond donors (Lipinski definition) is 2. The normalized spacial score (nSPS) is 10.7. The van der Waals surface area contributed by atoms with Crippen LogP contribution in [0.25, 0.3) is 11.0 Å². The molecule has 1 aromatic heterocycles. The summed E-state index contributed by atoms with van der Waals surface area (Å²) in [5.41, 5.74) is 3.67. The van der Waals surface area contributed by atoms with Gasteiger partial charge in [0.25, 0.3) is 0 Å². The molecule has 23 heavy (non-hydrogen) atoms. The van der Waals surface area contributed by atoms with Gasteiger partial charge in [0.15, 0.2) is 0 Å². The number of aryl methyl sites for hydroxylation is 2. The van der Waals surface area contributed by atoms with Crippen LogP contribution in [0.15, 0.2) is 42.5 Å². The van der Waals surface area contributed by atoms with Gasteiger partial charge in [-0.2, -0.15) is 0 Å². The molecule has 0 aliphatic carbocycles. The Morgan fingerprint density at radius 2 is 2.09 bits per heavy atom. The van der Waals surface area contributed by atoms with E-state index in [0.717, 1.165) is 22.4 Å². The van der Waals surface area contributed by atoms with Crippen molar-refractivity contribution in [1.82, 2.24) is 9.97 Å². The highest BCUT2D eigenvalue weighted by atomic mass is 16.5. The van der Waals surface area contributed by atoms with Crippen molar-refractivity contribution in [3.05, 3.63) is 53.9 Å². The van der Waals surface area contributed by atoms with Gasteiger partial charge in [0.2, 0.25) is 5.91 Å². The van der Waals surface area contributed by atoms with E-state index in [-0.39, 0.29) is 5.91 Å². The molecule has 0 aliphatic rings. The van der Waals surface area contributed by atoms with Gasteiger partial charge >= 0.3 is 0 Å². The summed E-state index contributed by atoms with van der Waals surface area (Å²) in [6.45, 7) is 1.98. The molecule has 5 nitrogen and oxygen atoms in total. The largest absolute Gasteiger partial charge is 0.495 e. The Morgan fingerprint density at radius 1 is 1.26 bits per heavy atom. The number of nitrogens with one attached hydrogen (secondary N) is 2. The van der Waals surface area contributed by atoms with Crippen molar-refractivity contribution in [3.8, 4) is 5.75 Å². The van der Waals surface area contributed by atoms with Crippen molar-refractivity contribution < 1.29 is 9.53 Å². The first kappa shape index (κ1) is 15.1. The minimum absolute atomic E-state index is 0.0608. The number of imidazole rings is 1. The first-order valence-corrected chi connectivity index (χ1v) is 7.54. The maximum absolute atomic E-state index is 12.2. The van der Waals surface area contributed by atoms with E-state index in [0.29, 0.717) is 24.3 Å². The van der Waals surface area contributed by atoms with Crippen molar-refractivity contribution in [3.63, 3.8) is 0 Å². The van der Waals surface area contributed by atoms with Crippen molar-refractivity contribution in [2.45, 2.75) is 19.8 Å². The molecule has 0 fully saturated rings. The molecule has 3 rings (SSSR count). The van der Waals surface area contributed by atoms with E-state index in [2.05, 4.69) is 15.3 Å². The Morgan fingerprint density at radius 3 is 2.87 bits per heavy atom. The third-order valence-corrected chi connectivity index (χ3v) is 3.66. The van der Waals surface area contributed by atoms with Gasteiger partial charge in [-0.15, -0.1) is 0 Å². The Kier molecular flexibility index (Phi) is 4.28. The Balaban J connectivity index is 1.64. The summed E-state index contributed by atoms with van der Waals surface area (Å²) in [6.07, 6.45) is 0.922. The minimum atomic E-state index is -0.0608. The molecule has 0 saturated heterocycles. The lowest BCUT2D eigenvalue weighted by atomic mass is 10.2. The van der Waals surface area contributed by atoms with Gasteiger partial charge < -0.3 is 15.0 Å². The Hall–Kier alpha value is -2.82. The highest BCUT2D eigenvalue weighted by Crippen LogP contribution is 2.25. The van der Waals surface area contributed by atoms with Gasteiger partial charge in [0.05, 0.1) is 23.8 Å². The summed E-state index contributed by atoms with van der Waals surface area (Å²) >= 11 is 0. The summed E-state index contributed by atoms with van der Waals surface area (Å²) < 4.78 is 5.27. The number of carbonyl (C=O) groups is 1. The van der Waals surface area contributed by atoms with E-state index in [9.17, 15) is 4.79 Å². The molecule has 0 saturated carbocycles. The fourth-order valence-electron chi connectivity index (χ4n) is 2.49. The SMILES string of the molecule is COc1ccc(C)cc1NC(=O)CCc1nc2ccccc2[nH]1. The topological polar surface area (TPSA) is 67.0 Å². The predicted molar refractivity (Wildman–Crippen MR) is 90.8 cm³/mol. The number of H-pyrrole nitrogens is 1. The molecular weight excluding hydrogens is 290 g/mol. The van der Waals surface area contributed by atoms with E-state index in [1.165, 1.54) is 0 Å². The fourth-order valence-corrected chi connectivity index (χ4v) is 2.49. The second-order valence-corrected chi connectivity index (χ2v) is 5.45. The molecule has 5 heteroatoms. The van der Waals surface area contributed by atoms with Gasteiger partial charge in [-0.1, -0.05) is 18.2 Å². The fraction of sp³-hybridized carbons (Fsp3) is 0.222. The summed E-state index contributed by atoms with van der Waals surface area (Å²) in [5.74, 6) is 1.42. The van der Waals surface area contributed by atoms with Crippen LogP contribution >= 0.6 is 0 Å². The number of anilines is 1. The van der Waals surface area contributed by atoms with Gasteiger partial charge in [0, 0.05) is 12.8 Å². The first-order valence-electron chi connectivity index (χ1n) is 7.54. The lowest BCUT2D eigenvalue weighted by Gasteiger charge is -2.10. The molecule has 0 bridgehead atoms. The van der Waals surface area contributed by atoms with Gasteiger partial charge in [0.1, 0.15) is 11.6 Å². The number of para-hydroxylation sites is 2. The van der Waals surface area contributed by atoms with E-state index in [4.69, 9.17) is 4.74 Å². The molecule has 3 aromatic rings. The van der Waals surface area contributed by atoms with Crippen molar-refractivity contribution in [1.29, 1.82) is 0 Å². The summed E-state index contributed by atoms with van der Waals surface area (Å²) in [4.78, 5) is 19.9. The maximum atomic E-state index is 12.2. The second-order valence-electron chi connectivity index (χ2n) is 5.45. The molecule has 0 radical (unpaired) electrons. The van der Waals surface area contributed by atoms with E-state index in [1.54, 1.807) is 7.11 Å². The molecule has 0 spiro atoms. The minimum Gasteiger partial charge on any atom is -0.495 e. The molecular formula is C18H19N3O2. The number of rotatable bonds is 5. The highest BCUT2D eigenvalue weighted by molar-refractivity contribution is 5.92. The molecule has 2 aromatic carbocycles. The number of ether oxygens (including phenoxy) is 1. The van der Waals surface area contributed by atoms with Crippen molar-refractivity contribution in [2.75, 3.05) is 12.4 Å². The zero-order valence-corrected chi connectivity index (χ0v) is 13.2. The number of methoxy groups -OCH3 is 1. The average Bonchev–Trinajstić information content (AvgIpc) is 2.96. The number of fused-ring (bicyclic) bond motifs is 1. The van der Waals surface area contributed by atoms with Crippen molar-refractivity contribution in [2.24, 2.45) is 0 Å². The molecule has 0 aliphatic heterocycles. The molecule has 1 heterocycles. The van der Waals surface area contributed by atoms with Crippen LogP contribution in [0, 0.1) is 6.92 Å². The average molecular weight is 309 g/mol. The number of aromatic nitrogens is 2. The third kappa shape index (κ3) is 3.51. The standard InChI is InChI=1S/C18H19N3O2/c1-12-7-8-16(23-2)15(11-12)21-18(22)10-9-17-19-13-5-3-4-6-14(13)20-17/h3-8,11H,9-10H2,1-2H3,(H,19,20)(H,21,22). The highest BCUT2D eigenvalue weighted by Gasteiger charge is 2.09. The molecule has 1 amide bonds. The number of carbonyl (C=O) groups excluding carboxylic acids is 1. The van der Waals surface area contributed by atoms with Gasteiger partial charge in [-0.05, 0) is 36.8 Å². The van der Waals surface area contributed by atoms with Crippen LogP contribution in [-0.2, 0) is 11.2 Å². The Labute approximate surface area is 134 Å². The van der Waals surface area contributed by atoms with Gasteiger partial charge in [-0.25, -0.2) is 4.98 Å². The number of hydrogen-bond acceptors (Lipinski definition) is 3. The summed E-state index contributed by atoms with van der Waals surface area (Å²) in [7, 11) is 1.59. The maximum Gasteiger partial charge on any atom is 0.224 e. The predicted octanol–water partition coefficient (Wildman–Crippen LogP) is 3.45. The van der Waals surface area contributed by atoms with Crippen LogP contribution in [0.3, 0.4) is 0 Å². The zero-order valence-electron chi connectivity index (χ0n) is 13.2. The van der Waals surface area contributed by atoms with Crippen LogP contribution < -0.4 is 10.1 Å². The molecule has 2 N–H and O–H groups in total. The van der Waals surface area contributed by atoms with Crippen molar-refractivity contribution >= 4 is 22.6 Å². The molecule has 118 valence electrons. The zero-order chi connectivity index (χ0) is 16.2. The summed E-state index contributed by atoms with van der Waals surface area (Å²) in [6, 6.07) is 13.5. The first-order chi connectivity index (χ1) is 11.2. The van der Waals surface area contributed by atoms with Crippen LogP contribution in [0.4, 0.5) is 5.69 Å². The Bertz CT molecular complexity index is 806. The molecule has 0 atom stereocenters. The number of benzene rings is 2. The number of nitrogens with zero attached hydrogens (tertiary/aromatic N) is 1. The van der Waals surface area contributed by atoms with Crippen LogP contribution in [0.5, 0.6) is 5.75 Å². The smallest absolute Gasteiger partial charge is 0.224 e. The van der Waals surface area contributed by atoms with Crippen LogP contribution in [0.2, 0.25) is 0 Å². The summed E-state index contributed by atoms with van der Waals surface area (Å²) in [5, 5.41) is 2.90. The number of amides is 1. The lowest BCUT2D eigenvalue weighted by Crippen LogP contribution is -2.13. The van der Waals surface area contributed by atoms with E-state index in [1.807, 2.05) is 49.4 Å². The molecule has 0 unspecified atom stereocenters. The van der Waals surface area contributed by atoms with E-state index >= 15 is 0 Å². The monoisotopic (exact) mass is 309 g/mol.